The number of carbonyl (C=O) groups is 1. The topological polar surface area (TPSA) is 37.3 Å². The van der Waals surface area contributed by atoms with Crippen molar-refractivity contribution in [2.24, 2.45) is 0 Å². The molecule has 0 bridgehead atoms. The van der Waals surface area contributed by atoms with Gasteiger partial charge in [-0.2, -0.15) is 11.8 Å². The Hall–Kier alpha value is -0.740. The highest BCUT2D eigenvalue weighted by molar-refractivity contribution is 7.99. The van der Waals surface area contributed by atoms with E-state index in [1.54, 1.807) is 17.4 Å². The molecule has 0 unspecified atom stereocenters. The van der Waals surface area contributed by atoms with Gasteiger partial charge in [0.2, 0.25) is 0 Å². The summed E-state index contributed by atoms with van der Waals surface area (Å²) in [4.78, 5) is 12.8. The van der Waals surface area contributed by atoms with Gasteiger partial charge < -0.3 is 5.11 Å². The fraction of sp³-hybridized carbons (Fsp3) is 0.462. The van der Waals surface area contributed by atoms with Gasteiger partial charge in [-0.1, -0.05) is 12.8 Å². The number of carboxylic acid groups (broad SMARTS) is 1. The van der Waals surface area contributed by atoms with Crippen molar-refractivity contribution >= 4 is 35.1 Å². The van der Waals surface area contributed by atoms with Gasteiger partial charge in [-0.25, -0.2) is 4.79 Å². The summed E-state index contributed by atoms with van der Waals surface area (Å²) in [5.41, 5.74) is 0. The minimum atomic E-state index is -0.889. The molecule has 0 saturated heterocycles. The van der Waals surface area contributed by atoms with Gasteiger partial charge in [0.25, 0.3) is 0 Å². The van der Waals surface area contributed by atoms with Gasteiger partial charge >= 0.3 is 5.97 Å². The maximum atomic E-state index is 10.4. The summed E-state index contributed by atoms with van der Waals surface area (Å²) in [6, 6.07) is 4.10. The smallest absolute Gasteiger partial charge is 0.328 e. The first-order valence-electron chi connectivity index (χ1n) is 5.85. The number of carboxylic acids is 1. The van der Waals surface area contributed by atoms with E-state index in [4.69, 9.17) is 5.11 Å². The van der Waals surface area contributed by atoms with Crippen molar-refractivity contribution in [3.05, 3.63) is 28.0 Å². The molecule has 17 heavy (non-hydrogen) atoms. The van der Waals surface area contributed by atoms with Crippen LogP contribution in [0.15, 0.2) is 18.2 Å². The Morgan fingerprint density at radius 3 is 2.94 bits per heavy atom. The van der Waals surface area contributed by atoms with E-state index in [0.29, 0.717) is 0 Å². The van der Waals surface area contributed by atoms with Gasteiger partial charge in [-0.05, 0) is 31.1 Å². The lowest BCUT2D eigenvalue weighted by atomic mass is 10.4. The second-order valence-electron chi connectivity index (χ2n) is 4.19. The molecule has 1 N–H and O–H groups in total. The zero-order chi connectivity index (χ0) is 12.1. The van der Waals surface area contributed by atoms with E-state index in [-0.39, 0.29) is 0 Å². The van der Waals surface area contributed by atoms with E-state index in [9.17, 15) is 4.79 Å². The average Bonchev–Trinajstić information content (AvgIpc) is 2.95. The fourth-order valence-corrected chi connectivity index (χ4v) is 4.28. The Labute approximate surface area is 110 Å². The van der Waals surface area contributed by atoms with Crippen LogP contribution >= 0.6 is 23.1 Å². The summed E-state index contributed by atoms with van der Waals surface area (Å²) in [5.74, 6) is 0.177. The quantitative estimate of drug-likeness (QED) is 0.819. The van der Waals surface area contributed by atoms with Crippen LogP contribution in [0.4, 0.5) is 0 Å². The molecule has 0 aromatic carbocycles. The molecule has 2 rings (SSSR count). The minimum Gasteiger partial charge on any atom is -0.478 e. The first-order valence-corrected chi connectivity index (χ1v) is 7.72. The zero-order valence-corrected chi connectivity index (χ0v) is 11.2. The van der Waals surface area contributed by atoms with Crippen LogP contribution in [-0.2, 0) is 10.5 Å². The number of hydrogen-bond acceptors (Lipinski definition) is 3. The Balaban J connectivity index is 1.83. The Bertz CT molecular complexity index is 403. The zero-order valence-electron chi connectivity index (χ0n) is 9.59. The molecule has 1 aromatic heterocycles. The van der Waals surface area contributed by atoms with Crippen LogP contribution in [0.5, 0.6) is 0 Å². The lowest BCUT2D eigenvalue weighted by Gasteiger charge is -2.06. The van der Waals surface area contributed by atoms with Gasteiger partial charge in [-0.15, -0.1) is 11.3 Å². The van der Waals surface area contributed by atoms with E-state index in [1.807, 2.05) is 17.8 Å². The molecule has 1 aromatic rings. The monoisotopic (exact) mass is 268 g/mol. The highest BCUT2D eigenvalue weighted by Crippen LogP contribution is 2.33. The summed E-state index contributed by atoms with van der Waals surface area (Å²) < 4.78 is 0. The molecule has 0 amide bonds. The molecule has 2 nitrogen and oxygen atoms in total. The minimum absolute atomic E-state index is 0.843. The molecule has 1 aliphatic rings. The highest BCUT2D eigenvalue weighted by atomic mass is 32.2. The number of aliphatic carboxylic acids is 1. The van der Waals surface area contributed by atoms with Crippen molar-refractivity contribution in [3.8, 4) is 0 Å². The molecule has 0 atom stereocenters. The third kappa shape index (κ3) is 4.21. The molecule has 0 radical (unpaired) electrons. The average molecular weight is 268 g/mol. The molecule has 1 heterocycles. The van der Waals surface area contributed by atoms with E-state index in [1.165, 1.54) is 36.6 Å². The molecule has 0 aliphatic heterocycles. The fourth-order valence-electron chi connectivity index (χ4n) is 1.97. The molecule has 0 spiro atoms. The number of thiophene rings is 1. The van der Waals surface area contributed by atoms with E-state index < -0.39 is 5.97 Å². The van der Waals surface area contributed by atoms with E-state index in [0.717, 1.165) is 15.9 Å². The van der Waals surface area contributed by atoms with Crippen LogP contribution in [0.25, 0.3) is 6.08 Å². The molecule has 1 saturated carbocycles. The predicted molar refractivity (Wildman–Crippen MR) is 74.5 cm³/mol. The van der Waals surface area contributed by atoms with Gasteiger partial charge in [0.15, 0.2) is 0 Å². The summed E-state index contributed by atoms with van der Waals surface area (Å²) in [7, 11) is 0. The molecular formula is C13H16O2S2. The lowest BCUT2D eigenvalue weighted by molar-refractivity contribution is -0.131. The Morgan fingerprint density at radius 2 is 2.24 bits per heavy atom. The van der Waals surface area contributed by atoms with Crippen molar-refractivity contribution in [2.75, 3.05) is 0 Å². The van der Waals surface area contributed by atoms with Crippen LogP contribution in [0.1, 0.15) is 35.4 Å². The third-order valence-electron chi connectivity index (χ3n) is 2.84. The highest BCUT2D eigenvalue weighted by Gasteiger charge is 2.15. The first-order chi connectivity index (χ1) is 8.24. The van der Waals surface area contributed by atoms with Gasteiger partial charge in [0, 0.05) is 26.8 Å². The van der Waals surface area contributed by atoms with Crippen LogP contribution in [0.2, 0.25) is 0 Å². The third-order valence-corrected chi connectivity index (χ3v) is 5.49. The van der Waals surface area contributed by atoms with Crippen LogP contribution < -0.4 is 0 Å². The standard InChI is InChI=1S/C13H16O2S2/c14-13(15)8-7-11-5-6-12(17-11)9-16-10-3-1-2-4-10/h5-8,10H,1-4,9H2,(H,14,15)/b8-7+. The summed E-state index contributed by atoms with van der Waals surface area (Å²) in [5, 5.41) is 9.38. The maximum Gasteiger partial charge on any atom is 0.328 e. The molecule has 1 fully saturated rings. The SMILES string of the molecule is O=C(O)/C=C/c1ccc(CSC2CCCC2)s1. The normalized spacial score (nSPS) is 16.9. The molecule has 4 heteroatoms. The summed E-state index contributed by atoms with van der Waals surface area (Å²) >= 11 is 3.73. The summed E-state index contributed by atoms with van der Waals surface area (Å²) in [6.07, 6.45) is 8.35. The van der Waals surface area contributed by atoms with E-state index in [2.05, 4.69) is 6.07 Å². The molecule has 92 valence electrons. The Morgan fingerprint density at radius 1 is 1.47 bits per heavy atom. The second-order valence-corrected chi connectivity index (χ2v) is 6.68. The van der Waals surface area contributed by atoms with Gasteiger partial charge in [-0.3, -0.25) is 0 Å². The van der Waals surface area contributed by atoms with Crippen molar-refractivity contribution in [3.63, 3.8) is 0 Å². The van der Waals surface area contributed by atoms with Gasteiger partial charge in [0.05, 0.1) is 0 Å². The largest absolute Gasteiger partial charge is 0.478 e. The number of thioether (sulfide) groups is 1. The first kappa shape index (κ1) is 12.7. The maximum absolute atomic E-state index is 10.4. The van der Waals surface area contributed by atoms with Crippen LogP contribution in [-0.4, -0.2) is 16.3 Å². The van der Waals surface area contributed by atoms with Crippen LogP contribution in [0, 0.1) is 0 Å². The van der Waals surface area contributed by atoms with E-state index >= 15 is 0 Å². The molecular weight excluding hydrogens is 252 g/mol. The second kappa shape index (κ2) is 6.26. The van der Waals surface area contributed by atoms with Crippen molar-refractivity contribution in [1.29, 1.82) is 0 Å². The molecule has 1 aliphatic carbocycles. The predicted octanol–water partition coefficient (Wildman–Crippen LogP) is 4.02. The van der Waals surface area contributed by atoms with Crippen molar-refractivity contribution < 1.29 is 9.90 Å². The number of rotatable bonds is 5. The Kier molecular flexibility index (Phi) is 4.68. The lowest BCUT2D eigenvalue weighted by Crippen LogP contribution is -1.93. The van der Waals surface area contributed by atoms with Gasteiger partial charge in [0.1, 0.15) is 0 Å². The van der Waals surface area contributed by atoms with Crippen molar-refractivity contribution in [2.45, 2.75) is 36.7 Å². The number of hydrogen-bond donors (Lipinski definition) is 1. The van der Waals surface area contributed by atoms with Crippen LogP contribution in [0.3, 0.4) is 0 Å². The van der Waals surface area contributed by atoms with Crippen molar-refractivity contribution in [1.82, 2.24) is 0 Å². The summed E-state index contributed by atoms with van der Waals surface area (Å²) in [6.45, 7) is 0.